The molecule has 2 nitrogen and oxygen atoms in total. The van der Waals surface area contributed by atoms with Gasteiger partial charge in [-0.3, -0.25) is 0 Å². The Morgan fingerprint density at radius 1 is 1.38 bits per heavy atom. The first kappa shape index (κ1) is 12.0. The largest absolute Gasteiger partial charge is 0.306 e. The molecule has 0 aliphatic heterocycles. The molecule has 0 saturated heterocycles. The molecule has 0 amide bonds. The second-order valence-corrected chi connectivity index (χ2v) is 6.85. The molecule has 86 valence electrons. The van der Waals surface area contributed by atoms with Gasteiger partial charge in [0.15, 0.2) is 0 Å². The number of halogens is 1. The van der Waals surface area contributed by atoms with Gasteiger partial charge in [0.2, 0.25) is 0 Å². The minimum atomic E-state index is 0.137. The summed E-state index contributed by atoms with van der Waals surface area (Å²) in [7, 11) is 0. The Balaban J connectivity index is 2.20. The third-order valence-electron chi connectivity index (χ3n) is 2.16. The molecule has 1 heterocycles. The molecular formula is C12H15BrN2S. The van der Waals surface area contributed by atoms with E-state index in [2.05, 4.69) is 65.2 Å². The SMILES string of the molecule is CC(C)(C)NCc1nc2cc(Br)ccc2s1. The fourth-order valence-electron chi connectivity index (χ4n) is 1.36. The molecule has 0 radical (unpaired) electrons. The average molecular weight is 299 g/mol. The number of fused-ring (bicyclic) bond motifs is 1. The summed E-state index contributed by atoms with van der Waals surface area (Å²) < 4.78 is 2.33. The molecule has 0 aliphatic carbocycles. The lowest BCUT2D eigenvalue weighted by Gasteiger charge is -2.19. The molecule has 0 saturated carbocycles. The number of thiazole rings is 1. The van der Waals surface area contributed by atoms with Gasteiger partial charge >= 0.3 is 0 Å². The maximum Gasteiger partial charge on any atom is 0.108 e. The highest BCUT2D eigenvalue weighted by Crippen LogP contribution is 2.25. The van der Waals surface area contributed by atoms with Crippen molar-refractivity contribution in [3.63, 3.8) is 0 Å². The highest BCUT2D eigenvalue weighted by molar-refractivity contribution is 9.10. The second-order valence-electron chi connectivity index (χ2n) is 4.82. The van der Waals surface area contributed by atoms with Crippen LogP contribution in [0.4, 0.5) is 0 Å². The van der Waals surface area contributed by atoms with Crippen molar-refractivity contribution < 1.29 is 0 Å². The van der Waals surface area contributed by atoms with Gasteiger partial charge in [-0.15, -0.1) is 11.3 Å². The summed E-state index contributed by atoms with van der Waals surface area (Å²) in [4.78, 5) is 4.60. The van der Waals surface area contributed by atoms with E-state index in [4.69, 9.17) is 0 Å². The Morgan fingerprint density at radius 2 is 2.12 bits per heavy atom. The van der Waals surface area contributed by atoms with Crippen LogP contribution in [-0.2, 0) is 6.54 Å². The Kier molecular flexibility index (Phi) is 3.33. The molecule has 0 spiro atoms. The van der Waals surface area contributed by atoms with E-state index in [1.807, 2.05) is 0 Å². The van der Waals surface area contributed by atoms with E-state index >= 15 is 0 Å². The van der Waals surface area contributed by atoms with E-state index in [1.54, 1.807) is 11.3 Å². The summed E-state index contributed by atoms with van der Waals surface area (Å²) in [6.45, 7) is 7.32. The monoisotopic (exact) mass is 298 g/mol. The predicted molar refractivity (Wildman–Crippen MR) is 73.9 cm³/mol. The fourth-order valence-corrected chi connectivity index (χ4v) is 2.60. The normalized spacial score (nSPS) is 12.2. The van der Waals surface area contributed by atoms with Crippen molar-refractivity contribution in [2.24, 2.45) is 0 Å². The van der Waals surface area contributed by atoms with Crippen molar-refractivity contribution in [2.45, 2.75) is 32.9 Å². The lowest BCUT2D eigenvalue weighted by Crippen LogP contribution is -2.34. The van der Waals surface area contributed by atoms with Gasteiger partial charge in [0.25, 0.3) is 0 Å². The first-order valence-electron chi connectivity index (χ1n) is 5.24. The Morgan fingerprint density at radius 3 is 2.81 bits per heavy atom. The minimum absolute atomic E-state index is 0.137. The van der Waals surface area contributed by atoms with Crippen molar-refractivity contribution in [3.05, 3.63) is 27.7 Å². The summed E-state index contributed by atoms with van der Waals surface area (Å²) >= 11 is 5.21. The van der Waals surface area contributed by atoms with Crippen LogP contribution >= 0.6 is 27.3 Å². The first-order valence-corrected chi connectivity index (χ1v) is 6.85. The number of rotatable bonds is 2. The molecule has 2 aromatic rings. The lowest BCUT2D eigenvalue weighted by atomic mass is 10.1. The fraction of sp³-hybridized carbons (Fsp3) is 0.417. The summed E-state index contributed by atoms with van der Waals surface area (Å²) in [6.07, 6.45) is 0. The molecule has 1 aromatic carbocycles. The first-order chi connectivity index (χ1) is 7.44. The summed E-state index contributed by atoms with van der Waals surface area (Å²) in [5.74, 6) is 0. The van der Waals surface area contributed by atoms with Gasteiger partial charge in [0.05, 0.1) is 10.2 Å². The average Bonchev–Trinajstić information content (AvgIpc) is 2.55. The van der Waals surface area contributed by atoms with Gasteiger partial charge in [-0.1, -0.05) is 15.9 Å². The molecule has 1 N–H and O–H groups in total. The zero-order valence-corrected chi connectivity index (χ0v) is 12.1. The maximum atomic E-state index is 4.60. The zero-order valence-electron chi connectivity index (χ0n) is 9.67. The third-order valence-corrected chi connectivity index (χ3v) is 3.69. The van der Waals surface area contributed by atoms with Crippen molar-refractivity contribution >= 4 is 37.5 Å². The Labute approximate surface area is 108 Å². The van der Waals surface area contributed by atoms with Crippen molar-refractivity contribution in [2.75, 3.05) is 0 Å². The van der Waals surface area contributed by atoms with Gasteiger partial charge in [-0.2, -0.15) is 0 Å². The smallest absolute Gasteiger partial charge is 0.108 e. The molecule has 2 rings (SSSR count). The van der Waals surface area contributed by atoms with Crippen LogP contribution in [0.2, 0.25) is 0 Å². The third kappa shape index (κ3) is 3.03. The Bertz CT molecular complexity index is 499. The maximum absolute atomic E-state index is 4.60. The van der Waals surface area contributed by atoms with Crippen molar-refractivity contribution in [1.29, 1.82) is 0 Å². The van der Waals surface area contributed by atoms with Crippen LogP contribution in [0.3, 0.4) is 0 Å². The van der Waals surface area contributed by atoms with Crippen LogP contribution in [-0.4, -0.2) is 10.5 Å². The van der Waals surface area contributed by atoms with E-state index in [-0.39, 0.29) is 5.54 Å². The van der Waals surface area contributed by atoms with Crippen LogP contribution in [0.1, 0.15) is 25.8 Å². The molecule has 0 aliphatic rings. The second kappa shape index (κ2) is 4.43. The quantitative estimate of drug-likeness (QED) is 0.908. The summed E-state index contributed by atoms with van der Waals surface area (Å²) in [5, 5.41) is 4.59. The lowest BCUT2D eigenvalue weighted by molar-refractivity contribution is 0.424. The molecule has 0 unspecified atom stereocenters. The molecular weight excluding hydrogens is 284 g/mol. The van der Waals surface area contributed by atoms with Gasteiger partial charge in [0, 0.05) is 16.6 Å². The number of benzene rings is 1. The molecule has 0 fully saturated rings. The van der Waals surface area contributed by atoms with Crippen LogP contribution in [0.15, 0.2) is 22.7 Å². The molecule has 0 atom stereocenters. The van der Waals surface area contributed by atoms with Gasteiger partial charge < -0.3 is 5.32 Å². The van der Waals surface area contributed by atoms with E-state index in [0.717, 1.165) is 21.5 Å². The predicted octanol–water partition coefficient (Wildman–Crippen LogP) is 3.95. The van der Waals surface area contributed by atoms with E-state index in [1.165, 1.54) is 4.70 Å². The van der Waals surface area contributed by atoms with Gasteiger partial charge in [-0.05, 0) is 39.0 Å². The molecule has 4 heteroatoms. The van der Waals surface area contributed by atoms with Gasteiger partial charge in [-0.25, -0.2) is 4.98 Å². The number of aromatic nitrogens is 1. The minimum Gasteiger partial charge on any atom is -0.306 e. The number of hydrogen-bond acceptors (Lipinski definition) is 3. The molecule has 16 heavy (non-hydrogen) atoms. The van der Waals surface area contributed by atoms with Crippen LogP contribution in [0, 0.1) is 0 Å². The van der Waals surface area contributed by atoms with Crippen LogP contribution in [0.25, 0.3) is 10.2 Å². The van der Waals surface area contributed by atoms with Crippen molar-refractivity contribution in [1.82, 2.24) is 10.3 Å². The van der Waals surface area contributed by atoms with Crippen LogP contribution in [0.5, 0.6) is 0 Å². The highest BCUT2D eigenvalue weighted by Gasteiger charge is 2.10. The number of nitrogens with zero attached hydrogens (tertiary/aromatic N) is 1. The molecule has 0 bridgehead atoms. The Hall–Kier alpha value is -0.450. The summed E-state index contributed by atoms with van der Waals surface area (Å²) in [5.41, 5.74) is 1.21. The van der Waals surface area contributed by atoms with Crippen molar-refractivity contribution in [3.8, 4) is 0 Å². The zero-order chi connectivity index (χ0) is 11.8. The number of hydrogen-bond donors (Lipinski definition) is 1. The van der Waals surface area contributed by atoms with Gasteiger partial charge in [0.1, 0.15) is 5.01 Å². The van der Waals surface area contributed by atoms with Crippen LogP contribution < -0.4 is 5.32 Å². The highest BCUT2D eigenvalue weighted by atomic mass is 79.9. The van der Waals surface area contributed by atoms with E-state index in [0.29, 0.717) is 0 Å². The topological polar surface area (TPSA) is 24.9 Å². The van der Waals surface area contributed by atoms with E-state index in [9.17, 15) is 0 Å². The van der Waals surface area contributed by atoms with E-state index < -0.39 is 0 Å². The number of nitrogens with one attached hydrogen (secondary N) is 1. The molecule has 1 aromatic heterocycles. The standard InChI is InChI=1S/C12H15BrN2S/c1-12(2,3)14-7-11-15-9-6-8(13)4-5-10(9)16-11/h4-6,14H,7H2,1-3H3. The summed E-state index contributed by atoms with van der Waals surface area (Å²) in [6, 6.07) is 6.23.